The predicted molar refractivity (Wildman–Crippen MR) is 72.1 cm³/mol. The van der Waals surface area contributed by atoms with Gasteiger partial charge in [-0.1, -0.05) is 25.6 Å². The number of anilines is 1. The highest BCUT2D eigenvalue weighted by molar-refractivity contribution is 8.14. The lowest BCUT2D eigenvalue weighted by Gasteiger charge is -2.34. The summed E-state index contributed by atoms with van der Waals surface area (Å²) in [6.07, 6.45) is 2.05. The standard InChI is InChI=1S/C13H18N2S/c1-4-13(5-2)11-8-10(14)6-7-12(11)16-9(3)15-13/h6-8H,4-5,14H2,1-3H3. The number of hydrogen-bond donors (Lipinski definition) is 1. The second-order valence-corrected chi connectivity index (χ2v) is 5.46. The molecule has 2 nitrogen and oxygen atoms in total. The molecule has 1 aromatic rings. The Morgan fingerprint density at radius 1 is 1.31 bits per heavy atom. The molecule has 86 valence electrons. The van der Waals surface area contributed by atoms with Crippen LogP contribution in [-0.4, -0.2) is 5.04 Å². The van der Waals surface area contributed by atoms with E-state index in [4.69, 9.17) is 10.7 Å². The molecular formula is C13H18N2S. The molecule has 0 saturated heterocycles. The van der Waals surface area contributed by atoms with Gasteiger partial charge in [-0.2, -0.15) is 0 Å². The molecule has 1 aliphatic rings. The van der Waals surface area contributed by atoms with E-state index in [1.54, 1.807) is 11.8 Å². The minimum absolute atomic E-state index is 0.0555. The van der Waals surface area contributed by atoms with Crippen molar-refractivity contribution in [3.05, 3.63) is 23.8 Å². The van der Waals surface area contributed by atoms with E-state index in [-0.39, 0.29) is 5.54 Å². The van der Waals surface area contributed by atoms with Crippen LogP contribution in [0.3, 0.4) is 0 Å². The molecule has 16 heavy (non-hydrogen) atoms. The first kappa shape index (κ1) is 11.5. The zero-order valence-electron chi connectivity index (χ0n) is 10.1. The topological polar surface area (TPSA) is 38.4 Å². The zero-order chi connectivity index (χ0) is 11.8. The largest absolute Gasteiger partial charge is 0.399 e. The van der Waals surface area contributed by atoms with Gasteiger partial charge in [-0.3, -0.25) is 4.99 Å². The first-order chi connectivity index (χ1) is 7.61. The van der Waals surface area contributed by atoms with Crippen LogP contribution >= 0.6 is 11.8 Å². The summed E-state index contributed by atoms with van der Waals surface area (Å²) < 4.78 is 0. The number of rotatable bonds is 2. The molecule has 0 atom stereocenters. The van der Waals surface area contributed by atoms with Gasteiger partial charge in [-0.15, -0.1) is 0 Å². The van der Waals surface area contributed by atoms with Crippen molar-refractivity contribution >= 4 is 22.5 Å². The Morgan fingerprint density at radius 2 is 2.00 bits per heavy atom. The maximum absolute atomic E-state index is 5.89. The number of nitrogens with zero attached hydrogens (tertiary/aromatic N) is 1. The Kier molecular flexibility index (Phi) is 2.98. The fraction of sp³-hybridized carbons (Fsp3) is 0.462. The molecule has 2 N–H and O–H groups in total. The van der Waals surface area contributed by atoms with Crippen molar-refractivity contribution in [3.8, 4) is 0 Å². The fourth-order valence-electron chi connectivity index (χ4n) is 2.33. The maximum Gasteiger partial charge on any atom is 0.0872 e. The van der Waals surface area contributed by atoms with Crippen LogP contribution in [-0.2, 0) is 5.54 Å². The minimum Gasteiger partial charge on any atom is -0.399 e. The summed E-state index contributed by atoms with van der Waals surface area (Å²) in [5, 5.41) is 1.15. The van der Waals surface area contributed by atoms with Crippen LogP contribution in [0.25, 0.3) is 0 Å². The van der Waals surface area contributed by atoms with Gasteiger partial charge in [-0.25, -0.2) is 0 Å². The van der Waals surface area contributed by atoms with E-state index in [0.717, 1.165) is 23.6 Å². The number of aliphatic imine (C=N–C) groups is 1. The molecule has 1 aliphatic heterocycles. The van der Waals surface area contributed by atoms with E-state index < -0.39 is 0 Å². The second-order valence-electron chi connectivity index (χ2n) is 4.23. The normalized spacial score (nSPS) is 17.8. The van der Waals surface area contributed by atoms with Crippen LogP contribution in [0.1, 0.15) is 39.2 Å². The molecule has 1 aromatic carbocycles. The number of hydrogen-bond acceptors (Lipinski definition) is 3. The number of nitrogen functional groups attached to an aromatic ring is 1. The van der Waals surface area contributed by atoms with Gasteiger partial charge < -0.3 is 5.73 Å². The third-order valence-corrected chi connectivity index (χ3v) is 4.27. The maximum atomic E-state index is 5.89. The van der Waals surface area contributed by atoms with E-state index >= 15 is 0 Å². The van der Waals surface area contributed by atoms with Crippen LogP contribution in [0.15, 0.2) is 28.1 Å². The van der Waals surface area contributed by atoms with Crippen molar-refractivity contribution in [1.29, 1.82) is 0 Å². The number of fused-ring (bicyclic) bond motifs is 1. The average molecular weight is 234 g/mol. The molecule has 0 amide bonds. The van der Waals surface area contributed by atoms with Crippen molar-refractivity contribution in [2.24, 2.45) is 4.99 Å². The summed E-state index contributed by atoms with van der Waals surface area (Å²) in [5.41, 5.74) is 7.97. The summed E-state index contributed by atoms with van der Waals surface area (Å²) in [7, 11) is 0. The lowest BCUT2D eigenvalue weighted by molar-refractivity contribution is 0.409. The molecule has 0 saturated carbocycles. The third kappa shape index (κ3) is 1.73. The predicted octanol–water partition coefficient (Wildman–Crippen LogP) is 3.81. The van der Waals surface area contributed by atoms with Gasteiger partial charge >= 0.3 is 0 Å². The van der Waals surface area contributed by atoms with Gasteiger partial charge in [0.15, 0.2) is 0 Å². The lowest BCUT2D eigenvalue weighted by atomic mass is 9.85. The molecule has 1 heterocycles. The van der Waals surface area contributed by atoms with Crippen molar-refractivity contribution in [1.82, 2.24) is 0 Å². The quantitative estimate of drug-likeness (QED) is 0.790. The zero-order valence-corrected chi connectivity index (χ0v) is 10.9. The molecular weight excluding hydrogens is 216 g/mol. The number of thioether (sulfide) groups is 1. The van der Waals surface area contributed by atoms with E-state index in [9.17, 15) is 0 Å². The van der Waals surface area contributed by atoms with E-state index in [1.165, 1.54) is 10.5 Å². The first-order valence-electron chi connectivity index (χ1n) is 5.75. The molecule has 2 rings (SSSR count). The Balaban J connectivity index is 2.61. The number of benzene rings is 1. The molecule has 0 radical (unpaired) electrons. The highest BCUT2D eigenvalue weighted by Crippen LogP contribution is 2.44. The highest BCUT2D eigenvalue weighted by Gasteiger charge is 2.33. The van der Waals surface area contributed by atoms with Gasteiger partial charge in [0.2, 0.25) is 0 Å². The van der Waals surface area contributed by atoms with Gasteiger partial charge in [0.1, 0.15) is 0 Å². The van der Waals surface area contributed by atoms with Gasteiger partial charge in [0.05, 0.1) is 10.6 Å². The van der Waals surface area contributed by atoms with E-state index in [1.807, 2.05) is 6.07 Å². The van der Waals surface area contributed by atoms with E-state index in [2.05, 4.69) is 32.9 Å². The molecule has 0 fully saturated rings. The van der Waals surface area contributed by atoms with Gasteiger partial charge in [0, 0.05) is 10.6 Å². The average Bonchev–Trinajstić information content (AvgIpc) is 2.28. The monoisotopic (exact) mass is 234 g/mol. The molecule has 3 heteroatoms. The molecule has 0 spiro atoms. The lowest BCUT2D eigenvalue weighted by Crippen LogP contribution is -2.26. The van der Waals surface area contributed by atoms with Crippen LogP contribution in [0, 0.1) is 0 Å². The molecule has 0 aromatic heterocycles. The fourth-order valence-corrected chi connectivity index (χ4v) is 3.37. The summed E-state index contributed by atoms with van der Waals surface area (Å²) in [6.45, 7) is 6.48. The first-order valence-corrected chi connectivity index (χ1v) is 6.57. The minimum atomic E-state index is -0.0555. The van der Waals surface area contributed by atoms with Crippen LogP contribution in [0.5, 0.6) is 0 Å². The smallest absolute Gasteiger partial charge is 0.0872 e. The molecule has 0 unspecified atom stereocenters. The van der Waals surface area contributed by atoms with Crippen molar-refractivity contribution < 1.29 is 0 Å². The Bertz CT molecular complexity index is 434. The highest BCUT2D eigenvalue weighted by atomic mass is 32.2. The van der Waals surface area contributed by atoms with Crippen molar-refractivity contribution in [2.75, 3.05) is 5.73 Å². The second kappa shape index (κ2) is 4.13. The van der Waals surface area contributed by atoms with Gasteiger partial charge in [0.25, 0.3) is 0 Å². The Morgan fingerprint density at radius 3 is 2.62 bits per heavy atom. The molecule has 0 bridgehead atoms. The molecule has 0 aliphatic carbocycles. The van der Waals surface area contributed by atoms with Crippen molar-refractivity contribution in [3.63, 3.8) is 0 Å². The van der Waals surface area contributed by atoms with Crippen molar-refractivity contribution in [2.45, 2.75) is 44.0 Å². The summed E-state index contributed by atoms with van der Waals surface area (Å²) in [4.78, 5) is 6.17. The third-order valence-electron chi connectivity index (χ3n) is 3.30. The van der Waals surface area contributed by atoms with Gasteiger partial charge in [-0.05, 0) is 43.5 Å². The Hall–Kier alpha value is -0.960. The van der Waals surface area contributed by atoms with Crippen LogP contribution < -0.4 is 5.73 Å². The summed E-state index contributed by atoms with van der Waals surface area (Å²) in [5.74, 6) is 0. The van der Waals surface area contributed by atoms with Crippen LogP contribution in [0.2, 0.25) is 0 Å². The summed E-state index contributed by atoms with van der Waals surface area (Å²) >= 11 is 1.75. The van der Waals surface area contributed by atoms with Crippen LogP contribution in [0.4, 0.5) is 5.69 Å². The van der Waals surface area contributed by atoms with E-state index in [0.29, 0.717) is 0 Å². The SMILES string of the molecule is CCC1(CC)N=C(C)Sc2ccc(N)cc21. The number of nitrogens with two attached hydrogens (primary N) is 1. The summed E-state index contributed by atoms with van der Waals surface area (Å²) in [6, 6.07) is 6.18. The Labute approximate surface area is 101 Å².